The van der Waals surface area contributed by atoms with E-state index in [0.717, 1.165) is 18.2 Å². The van der Waals surface area contributed by atoms with Crippen LogP contribution in [0.25, 0.3) is 0 Å². The molecule has 116 valence electrons. The quantitative estimate of drug-likeness (QED) is 0.507. The minimum absolute atomic E-state index is 0.134. The fourth-order valence-corrected chi connectivity index (χ4v) is 2.68. The molecule has 3 N–H and O–H groups in total. The molecule has 10 heteroatoms. The highest BCUT2D eigenvalue weighted by molar-refractivity contribution is 7.92. The minimum Gasteiger partial charge on any atom is -0.393 e. The van der Waals surface area contributed by atoms with Gasteiger partial charge in [-0.3, -0.25) is 14.8 Å². The highest BCUT2D eigenvalue weighted by Crippen LogP contribution is 2.26. The van der Waals surface area contributed by atoms with Gasteiger partial charge < -0.3 is 5.73 Å². The summed E-state index contributed by atoms with van der Waals surface area (Å²) in [7, 11) is -4.23. The third-order valence-corrected chi connectivity index (χ3v) is 4.06. The number of nitrogens with one attached hydrogen (secondary N) is 1. The molecule has 2 aromatic carbocycles. The van der Waals surface area contributed by atoms with Crippen LogP contribution in [0, 0.1) is 21.7 Å². The van der Waals surface area contributed by atoms with Gasteiger partial charge in [0.25, 0.3) is 15.7 Å². The lowest BCUT2D eigenvalue weighted by molar-refractivity contribution is -0.383. The van der Waals surface area contributed by atoms with Gasteiger partial charge in [-0.25, -0.2) is 17.2 Å². The summed E-state index contributed by atoms with van der Waals surface area (Å²) in [5.74, 6) is -2.52. The van der Waals surface area contributed by atoms with E-state index in [9.17, 15) is 27.3 Å². The van der Waals surface area contributed by atoms with Gasteiger partial charge in [0.05, 0.1) is 15.5 Å². The Kier molecular flexibility index (Phi) is 3.95. The normalized spacial score (nSPS) is 11.2. The van der Waals surface area contributed by atoms with Crippen LogP contribution in [0.4, 0.5) is 25.8 Å². The first-order valence-corrected chi connectivity index (χ1v) is 7.21. The molecule has 0 aliphatic rings. The number of nitro groups is 1. The molecule has 0 atom stereocenters. The average Bonchev–Trinajstić information content (AvgIpc) is 2.43. The molecule has 22 heavy (non-hydrogen) atoms. The molecule has 0 amide bonds. The zero-order valence-electron chi connectivity index (χ0n) is 10.8. The first-order chi connectivity index (χ1) is 10.2. The van der Waals surface area contributed by atoms with E-state index in [1.165, 1.54) is 6.07 Å². The Labute approximate surface area is 123 Å². The summed E-state index contributed by atoms with van der Waals surface area (Å²) in [5.41, 5.74) is 4.64. The summed E-state index contributed by atoms with van der Waals surface area (Å²) < 4.78 is 52.0. The number of nitrogens with two attached hydrogens (primary N) is 1. The monoisotopic (exact) mass is 329 g/mol. The fraction of sp³-hybridized carbons (Fsp3) is 0. The second kappa shape index (κ2) is 5.56. The molecule has 0 saturated carbocycles. The number of nitrogen functional groups attached to an aromatic ring is 1. The molecule has 2 aromatic rings. The van der Waals surface area contributed by atoms with Crippen LogP contribution in [0.1, 0.15) is 0 Å². The van der Waals surface area contributed by atoms with Crippen molar-refractivity contribution in [1.29, 1.82) is 0 Å². The van der Waals surface area contributed by atoms with Crippen LogP contribution in [0.2, 0.25) is 0 Å². The largest absolute Gasteiger partial charge is 0.393 e. The van der Waals surface area contributed by atoms with Gasteiger partial charge in [0, 0.05) is 6.07 Å². The molecule has 0 fully saturated rings. The third-order valence-electron chi connectivity index (χ3n) is 2.68. The van der Waals surface area contributed by atoms with Crippen molar-refractivity contribution in [2.75, 3.05) is 10.5 Å². The number of nitrogens with zero attached hydrogens (tertiary/aromatic N) is 1. The number of benzene rings is 2. The van der Waals surface area contributed by atoms with E-state index in [0.29, 0.717) is 12.1 Å². The SMILES string of the molecule is Nc1ccc(NS(=O)(=O)c2ccc(F)c(F)c2)cc1[N+](=O)[O-]. The summed E-state index contributed by atoms with van der Waals surface area (Å²) in [5, 5.41) is 10.7. The summed E-state index contributed by atoms with van der Waals surface area (Å²) in [6.45, 7) is 0. The van der Waals surface area contributed by atoms with Crippen LogP contribution >= 0.6 is 0 Å². The highest BCUT2D eigenvalue weighted by atomic mass is 32.2. The Morgan fingerprint density at radius 2 is 1.77 bits per heavy atom. The van der Waals surface area contributed by atoms with Crippen molar-refractivity contribution in [3.63, 3.8) is 0 Å². The molecule has 0 aliphatic heterocycles. The summed E-state index contributed by atoms with van der Waals surface area (Å²) in [6, 6.07) is 5.32. The molecule has 0 aliphatic carbocycles. The molecule has 0 spiro atoms. The van der Waals surface area contributed by atoms with E-state index in [1.807, 2.05) is 4.72 Å². The van der Waals surface area contributed by atoms with E-state index < -0.39 is 37.2 Å². The van der Waals surface area contributed by atoms with Crippen molar-refractivity contribution in [3.8, 4) is 0 Å². The molecule has 7 nitrogen and oxygen atoms in total. The van der Waals surface area contributed by atoms with Crippen LogP contribution in [0.3, 0.4) is 0 Å². The van der Waals surface area contributed by atoms with Crippen molar-refractivity contribution < 1.29 is 22.1 Å². The summed E-state index contributed by atoms with van der Waals surface area (Å²) >= 11 is 0. The minimum atomic E-state index is -4.23. The van der Waals surface area contributed by atoms with Gasteiger partial charge in [-0.15, -0.1) is 0 Å². The number of rotatable bonds is 4. The number of nitro benzene ring substituents is 1. The third kappa shape index (κ3) is 3.11. The first-order valence-electron chi connectivity index (χ1n) is 5.72. The predicted octanol–water partition coefficient (Wildman–Crippen LogP) is 2.26. The van der Waals surface area contributed by atoms with Gasteiger partial charge in [-0.2, -0.15) is 0 Å². The maximum atomic E-state index is 13.1. The molecular formula is C12H9F2N3O4S. The van der Waals surface area contributed by atoms with E-state index in [2.05, 4.69) is 0 Å². The fourth-order valence-electron chi connectivity index (χ4n) is 1.62. The Balaban J connectivity index is 2.38. The Hall–Kier alpha value is -2.75. The van der Waals surface area contributed by atoms with Gasteiger partial charge >= 0.3 is 0 Å². The van der Waals surface area contributed by atoms with Crippen molar-refractivity contribution in [2.24, 2.45) is 0 Å². The smallest absolute Gasteiger partial charge is 0.294 e. The first kappa shape index (κ1) is 15.6. The molecular weight excluding hydrogens is 320 g/mol. The van der Waals surface area contributed by atoms with Gasteiger partial charge in [0.1, 0.15) is 5.69 Å². The maximum absolute atomic E-state index is 13.1. The maximum Gasteiger partial charge on any atom is 0.294 e. The average molecular weight is 329 g/mol. The van der Waals surface area contributed by atoms with Crippen LogP contribution in [-0.4, -0.2) is 13.3 Å². The Morgan fingerprint density at radius 3 is 2.36 bits per heavy atom. The molecule has 0 saturated heterocycles. The van der Waals surface area contributed by atoms with Crippen LogP contribution in [-0.2, 0) is 10.0 Å². The number of anilines is 2. The standard InChI is InChI=1S/C12H9F2N3O4S/c13-9-3-2-8(6-10(9)14)22(20,21)16-7-1-4-11(15)12(5-7)17(18)19/h1-6,16H,15H2. The summed E-state index contributed by atoms with van der Waals surface area (Å²) in [6.07, 6.45) is 0. The lowest BCUT2D eigenvalue weighted by Gasteiger charge is -2.09. The van der Waals surface area contributed by atoms with E-state index in [4.69, 9.17) is 5.73 Å². The zero-order valence-corrected chi connectivity index (χ0v) is 11.6. The predicted molar refractivity (Wildman–Crippen MR) is 74.7 cm³/mol. The second-order valence-electron chi connectivity index (χ2n) is 4.21. The molecule has 0 radical (unpaired) electrons. The molecule has 2 rings (SSSR count). The number of halogens is 2. The van der Waals surface area contributed by atoms with Crippen LogP contribution in [0.5, 0.6) is 0 Å². The van der Waals surface area contributed by atoms with Crippen LogP contribution in [0.15, 0.2) is 41.3 Å². The van der Waals surface area contributed by atoms with Crippen LogP contribution < -0.4 is 10.5 Å². The topological polar surface area (TPSA) is 115 Å². The Morgan fingerprint density at radius 1 is 1.09 bits per heavy atom. The Bertz CT molecular complexity index is 855. The highest BCUT2D eigenvalue weighted by Gasteiger charge is 2.19. The second-order valence-corrected chi connectivity index (χ2v) is 5.89. The van der Waals surface area contributed by atoms with Crippen molar-refractivity contribution in [1.82, 2.24) is 0 Å². The summed E-state index contributed by atoms with van der Waals surface area (Å²) in [4.78, 5) is 9.45. The van der Waals surface area contributed by atoms with Crippen molar-refractivity contribution in [2.45, 2.75) is 4.90 Å². The van der Waals surface area contributed by atoms with Gasteiger partial charge in [-0.1, -0.05) is 0 Å². The van der Waals surface area contributed by atoms with Crippen molar-refractivity contribution in [3.05, 3.63) is 58.1 Å². The number of sulfonamides is 1. The van der Waals surface area contributed by atoms with E-state index >= 15 is 0 Å². The lowest BCUT2D eigenvalue weighted by atomic mass is 10.2. The zero-order chi connectivity index (χ0) is 16.5. The molecule has 0 bridgehead atoms. The lowest BCUT2D eigenvalue weighted by Crippen LogP contribution is -2.13. The number of hydrogen-bond acceptors (Lipinski definition) is 5. The van der Waals surface area contributed by atoms with Gasteiger partial charge in [0.15, 0.2) is 11.6 Å². The molecule has 0 heterocycles. The van der Waals surface area contributed by atoms with Crippen molar-refractivity contribution >= 4 is 27.1 Å². The molecule has 0 unspecified atom stereocenters. The van der Waals surface area contributed by atoms with E-state index in [1.54, 1.807) is 0 Å². The van der Waals surface area contributed by atoms with Gasteiger partial charge in [-0.05, 0) is 30.3 Å². The number of hydrogen-bond donors (Lipinski definition) is 2. The van der Waals surface area contributed by atoms with Gasteiger partial charge in [0.2, 0.25) is 0 Å². The molecule has 0 aromatic heterocycles. The van der Waals surface area contributed by atoms with E-state index in [-0.39, 0.29) is 11.4 Å².